The van der Waals surface area contributed by atoms with E-state index in [1.54, 1.807) is 24.6 Å². The van der Waals surface area contributed by atoms with Gasteiger partial charge in [-0.15, -0.1) is 0 Å². The summed E-state index contributed by atoms with van der Waals surface area (Å²) in [7, 11) is 0. The standard InChI is InChI=1S/C16H16ClN5O2/c1-9(15-20-11(3)24-21-15)19-16(23)12-8-18-22(10(12)2)14-7-5-4-6-13(14)17/h4-9H,1-3H3,(H,19,23). The van der Waals surface area contributed by atoms with Crippen LogP contribution in [0.5, 0.6) is 0 Å². The number of para-hydroxylation sites is 1. The van der Waals surface area contributed by atoms with Gasteiger partial charge in [0.05, 0.1) is 34.2 Å². The second kappa shape index (κ2) is 6.45. The lowest BCUT2D eigenvalue weighted by atomic mass is 10.2. The summed E-state index contributed by atoms with van der Waals surface area (Å²) in [5.41, 5.74) is 1.87. The van der Waals surface area contributed by atoms with Gasteiger partial charge < -0.3 is 9.84 Å². The highest BCUT2D eigenvalue weighted by Gasteiger charge is 2.20. The van der Waals surface area contributed by atoms with Gasteiger partial charge in [-0.2, -0.15) is 10.1 Å². The summed E-state index contributed by atoms with van der Waals surface area (Å²) in [6.07, 6.45) is 1.52. The normalized spacial score (nSPS) is 12.2. The molecular formula is C16H16ClN5O2. The zero-order valence-corrected chi connectivity index (χ0v) is 14.2. The second-order valence-electron chi connectivity index (χ2n) is 5.37. The van der Waals surface area contributed by atoms with E-state index in [-0.39, 0.29) is 11.9 Å². The molecule has 0 saturated carbocycles. The van der Waals surface area contributed by atoms with Crippen molar-refractivity contribution in [2.45, 2.75) is 26.8 Å². The Hall–Kier alpha value is -2.67. The summed E-state index contributed by atoms with van der Waals surface area (Å²) in [5.74, 6) is 0.617. The Morgan fingerprint density at radius 2 is 2.08 bits per heavy atom. The molecule has 1 unspecified atom stereocenters. The number of carbonyl (C=O) groups is 1. The molecule has 24 heavy (non-hydrogen) atoms. The van der Waals surface area contributed by atoms with Crippen molar-refractivity contribution in [3.05, 3.63) is 58.5 Å². The summed E-state index contributed by atoms with van der Waals surface area (Å²) in [6, 6.07) is 6.95. The minimum Gasteiger partial charge on any atom is -0.342 e. The van der Waals surface area contributed by atoms with Gasteiger partial charge in [-0.3, -0.25) is 4.79 Å². The van der Waals surface area contributed by atoms with E-state index in [0.717, 1.165) is 5.69 Å². The fourth-order valence-corrected chi connectivity index (χ4v) is 2.54. The van der Waals surface area contributed by atoms with E-state index in [0.29, 0.717) is 28.0 Å². The molecule has 1 amide bonds. The lowest BCUT2D eigenvalue weighted by molar-refractivity contribution is 0.0937. The first-order valence-electron chi connectivity index (χ1n) is 7.38. The molecule has 124 valence electrons. The lowest BCUT2D eigenvalue weighted by Crippen LogP contribution is -2.27. The van der Waals surface area contributed by atoms with Gasteiger partial charge >= 0.3 is 0 Å². The van der Waals surface area contributed by atoms with Crippen molar-refractivity contribution in [3.8, 4) is 5.69 Å². The minimum atomic E-state index is -0.377. The maximum atomic E-state index is 12.5. The third kappa shape index (κ3) is 3.03. The summed E-state index contributed by atoms with van der Waals surface area (Å²) < 4.78 is 6.57. The Morgan fingerprint density at radius 3 is 2.75 bits per heavy atom. The number of benzene rings is 1. The molecule has 0 radical (unpaired) electrons. The van der Waals surface area contributed by atoms with Crippen molar-refractivity contribution in [2.24, 2.45) is 0 Å². The van der Waals surface area contributed by atoms with Crippen LogP contribution >= 0.6 is 11.6 Å². The third-order valence-electron chi connectivity index (χ3n) is 3.61. The molecule has 0 fully saturated rings. The van der Waals surface area contributed by atoms with Crippen LogP contribution in [0.25, 0.3) is 5.69 Å². The molecule has 0 spiro atoms. The summed E-state index contributed by atoms with van der Waals surface area (Å²) in [4.78, 5) is 16.6. The van der Waals surface area contributed by atoms with E-state index in [2.05, 4.69) is 20.6 Å². The van der Waals surface area contributed by atoms with E-state index in [9.17, 15) is 4.79 Å². The first kappa shape index (κ1) is 16.2. The Balaban J connectivity index is 1.83. The maximum Gasteiger partial charge on any atom is 0.255 e. The minimum absolute atomic E-state index is 0.263. The van der Waals surface area contributed by atoms with E-state index < -0.39 is 0 Å². The molecule has 8 heteroatoms. The second-order valence-corrected chi connectivity index (χ2v) is 5.78. The van der Waals surface area contributed by atoms with Crippen LogP contribution < -0.4 is 5.32 Å². The smallest absolute Gasteiger partial charge is 0.255 e. The van der Waals surface area contributed by atoms with Crippen LogP contribution in [0.1, 0.15) is 40.7 Å². The van der Waals surface area contributed by atoms with Gasteiger partial charge in [-0.25, -0.2) is 4.68 Å². The molecule has 3 rings (SSSR count). The molecule has 1 aromatic carbocycles. The van der Waals surface area contributed by atoms with Gasteiger partial charge in [0.15, 0.2) is 5.82 Å². The van der Waals surface area contributed by atoms with Gasteiger partial charge in [-0.1, -0.05) is 28.9 Å². The fourth-order valence-electron chi connectivity index (χ4n) is 2.33. The first-order chi connectivity index (χ1) is 11.5. The highest BCUT2D eigenvalue weighted by atomic mass is 35.5. The predicted molar refractivity (Wildman–Crippen MR) is 88.2 cm³/mol. The van der Waals surface area contributed by atoms with Crippen molar-refractivity contribution >= 4 is 17.5 Å². The molecule has 1 N–H and O–H groups in total. The molecule has 0 aliphatic carbocycles. The third-order valence-corrected chi connectivity index (χ3v) is 3.93. The summed E-state index contributed by atoms with van der Waals surface area (Å²) in [5, 5.41) is 11.5. The highest BCUT2D eigenvalue weighted by Crippen LogP contribution is 2.22. The number of aromatic nitrogens is 4. The molecule has 0 saturated heterocycles. The van der Waals surface area contributed by atoms with Crippen molar-refractivity contribution in [3.63, 3.8) is 0 Å². The molecule has 0 aliphatic heterocycles. The summed E-state index contributed by atoms with van der Waals surface area (Å²) >= 11 is 6.20. The van der Waals surface area contributed by atoms with Gasteiger partial charge in [0.2, 0.25) is 5.89 Å². The molecule has 7 nitrogen and oxygen atoms in total. The number of hydrogen-bond donors (Lipinski definition) is 1. The number of amides is 1. The Morgan fingerprint density at radius 1 is 1.33 bits per heavy atom. The van der Waals surface area contributed by atoms with E-state index in [4.69, 9.17) is 16.1 Å². The van der Waals surface area contributed by atoms with Gasteiger partial charge in [0.25, 0.3) is 5.91 Å². The van der Waals surface area contributed by atoms with Crippen LogP contribution in [0.3, 0.4) is 0 Å². The van der Waals surface area contributed by atoms with Crippen molar-refractivity contribution in [1.82, 2.24) is 25.2 Å². The van der Waals surface area contributed by atoms with Crippen molar-refractivity contribution in [1.29, 1.82) is 0 Å². The number of carbonyl (C=O) groups excluding carboxylic acids is 1. The highest BCUT2D eigenvalue weighted by molar-refractivity contribution is 6.32. The van der Waals surface area contributed by atoms with E-state index >= 15 is 0 Å². The van der Waals surface area contributed by atoms with Crippen LogP contribution in [0.2, 0.25) is 5.02 Å². The zero-order valence-electron chi connectivity index (χ0n) is 13.4. The number of halogens is 1. The molecular weight excluding hydrogens is 330 g/mol. The van der Waals surface area contributed by atoms with Crippen molar-refractivity contribution in [2.75, 3.05) is 0 Å². The molecule has 0 bridgehead atoms. The number of nitrogens with one attached hydrogen (secondary N) is 1. The van der Waals surface area contributed by atoms with Crippen LogP contribution in [0.4, 0.5) is 0 Å². The SMILES string of the molecule is Cc1nc(C(C)NC(=O)c2cnn(-c3ccccc3Cl)c2C)no1. The summed E-state index contributed by atoms with van der Waals surface area (Å²) in [6.45, 7) is 5.30. The number of rotatable bonds is 4. The van der Waals surface area contributed by atoms with Crippen LogP contribution in [-0.4, -0.2) is 25.8 Å². The first-order valence-corrected chi connectivity index (χ1v) is 7.75. The average Bonchev–Trinajstić information content (AvgIpc) is 3.14. The monoisotopic (exact) mass is 345 g/mol. The quantitative estimate of drug-likeness (QED) is 0.785. The Labute approximate surface area is 143 Å². The number of aryl methyl sites for hydroxylation is 1. The maximum absolute atomic E-state index is 12.5. The van der Waals surface area contributed by atoms with Gasteiger partial charge in [-0.05, 0) is 26.0 Å². The predicted octanol–water partition coefficient (Wildman–Crippen LogP) is 3.02. The fraction of sp³-hybridized carbons (Fsp3) is 0.250. The van der Waals surface area contributed by atoms with Crippen LogP contribution in [0, 0.1) is 13.8 Å². The molecule has 2 heterocycles. The Kier molecular flexibility index (Phi) is 4.35. The average molecular weight is 346 g/mol. The number of hydrogen-bond acceptors (Lipinski definition) is 5. The number of nitrogens with zero attached hydrogens (tertiary/aromatic N) is 4. The molecule has 2 aromatic heterocycles. The molecule has 3 aromatic rings. The zero-order chi connectivity index (χ0) is 17.3. The molecule has 1 atom stereocenters. The van der Waals surface area contributed by atoms with Gasteiger partial charge in [0.1, 0.15) is 0 Å². The lowest BCUT2D eigenvalue weighted by Gasteiger charge is -2.10. The largest absolute Gasteiger partial charge is 0.342 e. The van der Waals surface area contributed by atoms with E-state index in [1.807, 2.05) is 25.1 Å². The van der Waals surface area contributed by atoms with Gasteiger partial charge in [0, 0.05) is 6.92 Å². The topological polar surface area (TPSA) is 85.8 Å². The van der Waals surface area contributed by atoms with E-state index in [1.165, 1.54) is 6.20 Å². The van der Waals surface area contributed by atoms with Crippen LogP contribution in [-0.2, 0) is 0 Å². The van der Waals surface area contributed by atoms with Crippen molar-refractivity contribution < 1.29 is 9.32 Å². The Bertz CT molecular complexity index is 886. The molecule has 0 aliphatic rings. The van der Waals surface area contributed by atoms with Crippen LogP contribution in [0.15, 0.2) is 35.0 Å².